The summed E-state index contributed by atoms with van der Waals surface area (Å²) >= 11 is 0. The Morgan fingerprint density at radius 2 is 2.18 bits per heavy atom. The van der Waals surface area contributed by atoms with Crippen molar-refractivity contribution in [2.45, 2.75) is 0 Å². The SMILES string of the molecule is [2H]c1nc2c([2H])c([2H])c([2H])c([2H])c2c([2H])c1N. The zero-order valence-corrected chi connectivity index (χ0v) is 5.52. The van der Waals surface area contributed by atoms with Crippen molar-refractivity contribution in [1.82, 2.24) is 4.98 Å². The zero-order valence-electron chi connectivity index (χ0n) is 11.5. The standard InChI is InChI=1S/C9H8N2/c10-8-5-7-3-1-2-4-9(7)11-6-8/h1-6H,10H2/i1D,2D,3D,4D,5D,6D. The molecule has 0 fully saturated rings. The number of hydrogen-bond donors (Lipinski definition) is 1. The Bertz CT molecular complexity index is 631. The molecule has 2 rings (SSSR count). The maximum Gasteiger partial charge on any atom is 0.0862 e. The molecule has 2 nitrogen and oxygen atoms in total. The quantitative estimate of drug-likeness (QED) is 0.622. The van der Waals surface area contributed by atoms with Gasteiger partial charge < -0.3 is 5.73 Å². The summed E-state index contributed by atoms with van der Waals surface area (Å²) in [6.07, 6.45) is -0.354. The molecule has 0 atom stereocenters. The van der Waals surface area contributed by atoms with Gasteiger partial charge in [0.2, 0.25) is 0 Å². The number of aromatic nitrogens is 1. The first-order chi connectivity index (χ1) is 7.86. The van der Waals surface area contributed by atoms with Crippen LogP contribution in [0.3, 0.4) is 0 Å². The van der Waals surface area contributed by atoms with E-state index in [4.69, 9.17) is 14.0 Å². The minimum atomic E-state index is -0.435. The summed E-state index contributed by atoms with van der Waals surface area (Å²) < 4.78 is 45.4. The summed E-state index contributed by atoms with van der Waals surface area (Å²) in [5.74, 6) is 0. The molecule has 0 bridgehead atoms. The van der Waals surface area contributed by atoms with Crippen LogP contribution in [0.4, 0.5) is 5.69 Å². The van der Waals surface area contributed by atoms with Gasteiger partial charge in [0.25, 0.3) is 0 Å². The molecule has 0 radical (unpaired) electrons. The van der Waals surface area contributed by atoms with Crippen LogP contribution >= 0.6 is 0 Å². The largest absolute Gasteiger partial charge is 0.397 e. The lowest BCUT2D eigenvalue weighted by atomic mass is 10.2. The van der Waals surface area contributed by atoms with E-state index < -0.39 is 12.1 Å². The van der Waals surface area contributed by atoms with E-state index in [0.717, 1.165) is 0 Å². The highest BCUT2D eigenvalue weighted by molar-refractivity contribution is 5.80. The van der Waals surface area contributed by atoms with Crippen LogP contribution in [0.2, 0.25) is 0 Å². The highest BCUT2D eigenvalue weighted by Crippen LogP contribution is 2.12. The molecule has 0 unspecified atom stereocenters. The molecular weight excluding hydrogens is 136 g/mol. The number of rotatable bonds is 0. The number of benzene rings is 1. The fourth-order valence-corrected chi connectivity index (χ4v) is 0.759. The average molecular weight is 150 g/mol. The van der Waals surface area contributed by atoms with Crippen molar-refractivity contribution in [2.75, 3.05) is 5.73 Å². The lowest BCUT2D eigenvalue weighted by Crippen LogP contribution is -1.85. The maximum atomic E-state index is 7.70. The van der Waals surface area contributed by atoms with Crippen molar-refractivity contribution < 1.29 is 8.22 Å². The molecule has 1 aromatic carbocycles. The lowest BCUT2D eigenvalue weighted by Gasteiger charge is -1.95. The monoisotopic (exact) mass is 150 g/mol. The molecule has 0 aliphatic heterocycles. The maximum absolute atomic E-state index is 7.70. The normalized spacial score (nSPS) is 17.8. The van der Waals surface area contributed by atoms with Crippen molar-refractivity contribution in [3.8, 4) is 0 Å². The predicted octanol–water partition coefficient (Wildman–Crippen LogP) is 1.82. The van der Waals surface area contributed by atoms with Crippen molar-refractivity contribution in [3.05, 3.63) is 36.4 Å². The number of para-hydroxylation sites is 1. The summed E-state index contributed by atoms with van der Waals surface area (Å²) in [5, 5.41) is -0.0514. The second-order valence-electron chi connectivity index (χ2n) is 1.99. The van der Waals surface area contributed by atoms with Crippen molar-refractivity contribution in [3.63, 3.8) is 0 Å². The molecule has 11 heavy (non-hydrogen) atoms. The van der Waals surface area contributed by atoms with E-state index in [-0.39, 0.29) is 40.9 Å². The minimum absolute atomic E-state index is 0.0514. The second kappa shape index (κ2) is 2.23. The predicted molar refractivity (Wildman–Crippen MR) is 46.2 cm³/mol. The first-order valence-corrected chi connectivity index (χ1v) is 2.99. The van der Waals surface area contributed by atoms with Crippen LogP contribution in [-0.2, 0) is 0 Å². The van der Waals surface area contributed by atoms with Crippen molar-refractivity contribution in [1.29, 1.82) is 0 Å². The van der Waals surface area contributed by atoms with Gasteiger partial charge in [-0.25, -0.2) is 0 Å². The van der Waals surface area contributed by atoms with Crippen molar-refractivity contribution >= 4 is 16.6 Å². The Kier molecular flexibility index (Phi) is 0.504. The highest BCUT2D eigenvalue weighted by Gasteiger charge is 1.91. The molecular formula is C9H8N2. The van der Waals surface area contributed by atoms with Crippen LogP contribution in [0.5, 0.6) is 0 Å². The van der Waals surface area contributed by atoms with Gasteiger partial charge in [-0.2, -0.15) is 0 Å². The molecule has 0 aliphatic carbocycles. The summed E-state index contributed by atoms with van der Waals surface area (Å²) in [7, 11) is 0. The van der Waals surface area contributed by atoms with Crippen molar-refractivity contribution in [2.24, 2.45) is 0 Å². The van der Waals surface area contributed by atoms with Crippen LogP contribution in [-0.4, -0.2) is 4.98 Å². The van der Waals surface area contributed by atoms with Crippen LogP contribution in [0.1, 0.15) is 8.22 Å². The van der Waals surface area contributed by atoms with Gasteiger partial charge in [0.05, 0.1) is 25.6 Å². The fourth-order valence-electron chi connectivity index (χ4n) is 0.759. The first kappa shape index (κ1) is 2.48. The second-order valence-corrected chi connectivity index (χ2v) is 1.99. The van der Waals surface area contributed by atoms with E-state index in [0.29, 0.717) is 0 Å². The molecule has 2 heteroatoms. The molecule has 0 amide bonds. The topological polar surface area (TPSA) is 38.9 Å². The van der Waals surface area contributed by atoms with Gasteiger partial charge in [-0.3, -0.25) is 4.98 Å². The Morgan fingerprint density at radius 3 is 3.09 bits per heavy atom. The van der Waals surface area contributed by atoms with E-state index in [9.17, 15) is 0 Å². The van der Waals surface area contributed by atoms with Crippen LogP contribution in [0.15, 0.2) is 36.4 Å². The molecule has 0 saturated carbocycles. The molecule has 1 heterocycles. The van der Waals surface area contributed by atoms with Gasteiger partial charge >= 0.3 is 0 Å². The highest BCUT2D eigenvalue weighted by atomic mass is 14.7. The third-order valence-electron chi connectivity index (χ3n) is 1.22. The number of fused-ring (bicyclic) bond motifs is 1. The number of nitrogens with two attached hydrogens (primary N) is 1. The summed E-state index contributed by atoms with van der Waals surface area (Å²) in [6, 6.07) is -1.87. The lowest BCUT2D eigenvalue weighted by molar-refractivity contribution is 1.41. The van der Waals surface area contributed by atoms with Crippen LogP contribution in [0, 0.1) is 0 Å². The molecule has 2 aromatic rings. The third-order valence-corrected chi connectivity index (χ3v) is 1.22. The Labute approximate surface area is 73.1 Å². The number of anilines is 1. The van der Waals surface area contributed by atoms with E-state index in [1.54, 1.807) is 0 Å². The molecule has 1 aromatic heterocycles. The van der Waals surface area contributed by atoms with Gasteiger partial charge in [0, 0.05) is 5.39 Å². The van der Waals surface area contributed by atoms with Gasteiger partial charge in [-0.05, 0) is 12.1 Å². The number of hydrogen-bond acceptors (Lipinski definition) is 2. The Balaban J connectivity index is 3.12. The van der Waals surface area contributed by atoms with E-state index in [1.807, 2.05) is 0 Å². The summed E-state index contributed by atoms with van der Waals surface area (Å²) in [6.45, 7) is 0. The molecule has 0 aliphatic rings. The first-order valence-electron chi connectivity index (χ1n) is 5.99. The van der Waals surface area contributed by atoms with E-state index in [1.165, 1.54) is 0 Å². The van der Waals surface area contributed by atoms with Gasteiger partial charge in [0.1, 0.15) is 0 Å². The third kappa shape index (κ3) is 1.03. The minimum Gasteiger partial charge on any atom is -0.397 e. The van der Waals surface area contributed by atoms with Crippen LogP contribution < -0.4 is 5.73 Å². The number of pyridine rings is 1. The molecule has 2 N–H and O–H groups in total. The summed E-state index contributed by atoms with van der Waals surface area (Å²) in [5.41, 5.74) is 5.18. The van der Waals surface area contributed by atoms with E-state index >= 15 is 0 Å². The summed E-state index contributed by atoms with van der Waals surface area (Å²) in [4.78, 5) is 3.71. The van der Waals surface area contributed by atoms with Crippen LogP contribution in [0.25, 0.3) is 10.9 Å². The zero-order chi connectivity index (χ0) is 12.9. The number of nitrogens with zero attached hydrogens (tertiary/aromatic N) is 1. The fraction of sp³-hybridized carbons (Fsp3) is 0. The van der Waals surface area contributed by atoms with E-state index in [2.05, 4.69) is 4.98 Å². The average Bonchev–Trinajstić information content (AvgIpc) is 2.30. The smallest absolute Gasteiger partial charge is 0.0862 e. The molecule has 0 saturated heterocycles. The number of nitrogen functional groups attached to an aromatic ring is 1. The molecule has 54 valence electrons. The van der Waals surface area contributed by atoms with Gasteiger partial charge in [-0.15, -0.1) is 0 Å². The Hall–Kier alpha value is -1.57. The molecule has 0 spiro atoms. The Morgan fingerprint density at radius 1 is 1.36 bits per heavy atom. The van der Waals surface area contributed by atoms with Gasteiger partial charge in [0.15, 0.2) is 0 Å². The van der Waals surface area contributed by atoms with Gasteiger partial charge in [-0.1, -0.05) is 18.1 Å².